The molecule has 148 valence electrons. The van der Waals surface area contributed by atoms with Crippen LogP contribution in [0.1, 0.15) is 45.2 Å². The number of guanidine groups is 1. The third kappa shape index (κ3) is 5.22. The molecule has 0 saturated carbocycles. The average molecular weight is 380 g/mol. The molecule has 7 heteroatoms. The molecule has 0 fully saturated rings. The van der Waals surface area contributed by atoms with E-state index in [-0.39, 0.29) is 5.41 Å². The summed E-state index contributed by atoms with van der Waals surface area (Å²) in [6, 6.07) is 10.1. The summed E-state index contributed by atoms with van der Waals surface area (Å²) in [6.07, 6.45) is 3.62. The van der Waals surface area contributed by atoms with Crippen LogP contribution in [0, 0.1) is 0 Å². The van der Waals surface area contributed by atoms with Crippen molar-refractivity contribution in [3.8, 4) is 11.3 Å². The molecular weight excluding hydrogens is 352 g/mol. The molecule has 2 aromatic heterocycles. The molecule has 0 spiro atoms. The summed E-state index contributed by atoms with van der Waals surface area (Å²) in [5.41, 5.74) is 2.03. The Bertz CT molecular complexity index is 904. The monoisotopic (exact) mass is 380 g/mol. The van der Waals surface area contributed by atoms with E-state index in [0.717, 1.165) is 29.4 Å². The Hall–Kier alpha value is -3.09. The van der Waals surface area contributed by atoms with Gasteiger partial charge in [-0.05, 0) is 12.5 Å². The Kier molecular flexibility index (Phi) is 6.13. The highest BCUT2D eigenvalue weighted by Gasteiger charge is 2.19. The SMILES string of the molecule is CCNC(=NCc1ncc(-c2ccccc2)[nH]1)NCc1ncc(C(C)(C)C)o1. The van der Waals surface area contributed by atoms with Crippen LogP contribution in [0.2, 0.25) is 0 Å². The number of H-pyrrole nitrogens is 1. The molecule has 0 atom stereocenters. The molecule has 0 aliphatic rings. The van der Waals surface area contributed by atoms with Gasteiger partial charge in [0.15, 0.2) is 5.96 Å². The van der Waals surface area contributed by atoms with E-state index >= 15 is 0 Å². The predicted molar refractivity (Wildman–Crippen MR) is 111 cm³/mol. The van der Waals surface area contributed by atoms with Crippen molar-refractivity contribution in [3.05, 3.63) is 60.2 Å². The number of benzene rings is 1. The highest BCUT2D eigenvalue weighted by molar-refractivity contribution is 5.79. The van der Waals surface area contributed by atoms with Gasteiger partial charge in [0.25, 0.3) is 0 Å². The maximum absolute atomic E-state index is 5.82. The molecule has 3 rings (SSSR count). The lowest BCUT2D eigenvalue weighted by molar-refractivity contribution is 0.379. The molecule has 3 N–H and O–H groups in total. The lowest BCUT2D eigenvalue weighted by Crippen LogP contribution is -2.36. The van der Waals surface area contributed by atoms with Crippen molar-refractivity contribution in [2.45, 2.75) is 46.2 Å². The van der Waals surface area contributed by atoms with Crippen molar-refractivity contribution in [3.63, 3.8) is 0 Å². The first-order valence-electron chi connectivity index (χ1n) is 9.52. The summed E-state index contributed by atoms with van der Waals surface area (Å²) >= 11 is 0. The van der Waals surface area contributed by atoms with Gasteiger partial charge in [0.1, 0.15) is 18.1 Å². The van der Waals surface area contributed by atoms with Crippen molar-refractivity contribution in [2.75, 3.05) is 6.54 Å². The third-order valence-electron chi connectivity index (χ3n) is 4.14. The Balaban J connectivity index is 1.61. The van der Waals surface area contributed by atoms with E-state index in [9.17, 15) is 0 Å². The normalized spacial score (nSPS) is 12.2. The summed E-state index contributed by atoms with van der Waals surface area (Å²) in [5.74, 6) is 3.01. The van der Waals surface area contributed by atoms with Crippen molar-refractivity contribution in [2.24, 2.45) is 4.99 Å². The van der Waals surface area contributed by atoms with Crippen LogP contribution in [0.5, 0.6) is 0 Å². The summed E-state index contributed by atoms with van der Waals surface area (Å²) in [7, 11) is 0. The molecule has 28 heavy (non-hydrogen) atoms. The number of rotatable bonds is 6. The Labute approximate surface area is 165 Å². The van der Waals surface area contributed by atoms with E-state index in [0.29, 0.717) is 24.9 Å². The van der Waals surface area contributed by atoms with E-state index in [4.69, 9.17) is 4.42 Å². The van der Waals surface area contributed by atoms with Gasteiger partial charge >= 0.3 is 0 Å². The van der Waals surface area contributed by atoms with Crippen LogP contribution in [0.3, 0.4) is 0 Å². The fourth-order valence-electron chi connectivity index (χ4n) is 2.60. The van der Waals surface area contributed by atoms with Crippen LogP contribution in [0.4, 0.5) is 0 Å². The first-order valence-corrected chi connectivity index (χ1v) is 9.52. The standard InChI is InChI=1S/C21H28N6O/c1-5-22-20(26-14-19-24-12-17(28-19)21(2,3)4)25-13-18-23-11-16(27-18)15-9-7-6-8-10-15/h6-12H,5,13-14H2,1-4H3,(H,23,27)(H2,22,25,26). The number of aliphatic imine (C=N–C) groups is 1. The van der Waals surface area contributed by atoms with Gasteiger partial charge in [0.05, 0.1) is 24.6 Å². The maximum Gasteiger partial charge on any atom is 0.213 e. The second-order valence-corrected chi connectivity index (χ2v) is 7.53. The molecule has 0 aliphatic heterocycles. The van der Waals surface area contributed by atoms with Crippen LogP contribution >= 0.6 is 0 Å². The van der Waals surface area contributed by atoms with Crippen molar-refractivity contribution in [1.29, 1.82) is 0 Å². The minimum atomic E-state index is -0.0560. The van der Waals surface area contributed by atoms with Crippen LogP contribution in [-0.4, -0.2) is 27.5 Å². The molecule has 0 aliphatic carbocycles. The number of nitrogens with one attached hydrogen (secondary N) is 3. The second kappa shape index (κ2) is 8.73. The molecule has 0 saturated heterocycles. The summed E-state index contributed by atoms with van der Waals surface area (Å²) < 4.78 is 5.82. The van der Waals surface area contributed by atoms with Crippen LogP contribution in [-0.2, 0) is 18.5 Å². The van der Waals surface area contributed by atoms with Gasteiger partial charge in [-0.2, -0.15) is 0 Å². The van der Waals surface area contributed by atoms with Crippen molar-refractivity contribution >= 4 is 5.96 Å². The highest BCUT2D eigenvalue weighted by Crippen LogP contribution is 2.22. The van der Waals surface area contributed by atoms with Gasteiger partial charge in [0.2, 0.25) is 5.89 Å². The Morgan fingerprint density at radius 3 is 2.57 bits per heavy atom. The smallest absolute Gasteiger partial charge is 0.213 e. The molecule has 0 unspecified atom stereocenters. The van der Waals surface area contributed by atoms with Crippen LogP contribution in [0.15, 0.2) is 52.1 Å². The molecule has 0 amide bonds. The van der Waals surface area contributed by atoms with E-state index < -0.39 is 0 Å². The zero-order chi connectivity index (χ0) is 20.0. The first-order chi connectivity index (χ1) is 13.5. The average Bonchev–Trinajstić information content (AvgIpc) is 3.34. The largest absolute Gasteiger partial charge is 0.443 e. The minimum Gasteiger partial charge on any atom is -0.443 e. The zero-order valence-electron chi connectivity index (χ0n) is 16.9. The predicted octanol–water partition coefficient (Wildman–Crippen LogP) is 3.62. The number of hydrogen-bond donors (Lipinski definition) is 3. The molecule has 3 aromatic rings. The number of oxazole rings is 1. The second-order valence-electron chi connectivity index (χ2n) is 7.53. The fourth-order valence-corrected chi connectivity index (χ4v) is 2.60. The summed E-state index contributed by atoms with van der Waals surface area (Å²) in [5, 5.41) is 6.48. The molecular formula is C21H28N6O. The number of hydrogen-bond acceptors (Lipinski definition) is 4. The van der Waals surface area contributed by atoms with Gasteiger partial charge in [-0.25, -0.2) is 15.0 Å². The topological polar surface area (TPSA) is 91.1 Å². The van der Waals surface area contributed by atoms with Crippen molar-refractivity contribution < 1.29 is 4.42 Å². The molecule has 0 bridgehead atoms. The van der Waals surface area contributed by atoms with Gasteiger partial charge in [-0.1, -0.05) is 51.1 Å². The van der Waals surface area contributed by atoms with Gasteiger partial charge in [-0.15, -0.1) is 0 Å². The molecule has 7 nitrogen and oxygen atoms in total. The zero-order valence-corrected chi connectivity index (χ0v) is 16.9. The van der Waals surface area contributed by atoms with E-state index in [1.54, 1.807) is 6.20 Å². The van der Waals surface area contributed by atoms with Gasteiger partial charge in [0, 0.05) is 12.0 Å². The number of imidazole rings is 1. The lowest BCUT2D eigenvalue weighted by atomic mass is 9.94. The molecule has 2 heterocycles. The summed E-state index contributed by atoms with van der Waals surface area (Å²) in [4.78, 5) is 16.7. The van der Waals surface area contributed by atoms with E-state index in [2.05, 4.69) is 51.3 Å². The van der Waals surface area contributed by atoms with Gasteiger partial charge < -0.3 is 20.0 Å². The van der Waals surface area contributed by atoms with Gasteiger partial charge in [-0.3, -0.25) is 0 Å². The van der Waals surface area contributed by atoms with E-state index in [1.165, 1.54) is 0 Å². The molecule has 1 aromatic carbocycles. The van der Waals surface area contributed by atoms with E-state index in [1.807, 2.05) is 43.5 Å². The lowest BCUT2D eigenvalue weighted by Gasteiger charge is -2.13. The van der Waals surface area contributed by atoms with Crippen LogP contribution < -0.4 is 10.6 Å². The quantitative estimate of drug-likeness (QED) is 0.449. The number of aromatic amines is 1. The molecule has 0 radical (unpaired) electrons. The van der Waals surface area contributed by atoms with Crippen molar-refractivity contribution in [1.82, 2.24) is 25.6 Å². The Morgan fingerprint density at radius 2 is 1.89 bits per heavy atom. The summed E-state index contributed by atoms with van der Waals surface area (Å²) in [6.45, 7) is 10.0. The number of nitrogens with zero attached hydrogens (tertiary/aromatic N) is 3. The maximum atomic E-state index is 5.82. The minimum absolute atomic E-state index is 0.0560. The van der Waals surface area contributed by atoms with Crippen LogP contribution in [0.25, 0.3) is 11.3 Å². The Morgan fingerprint density at radius 1 is 1.11 bits per heavy atom. The third-order valence-corrected chi connectivity index (χ3v) is 4.14. The fraction of sp³-hybridized carbons (Fsp3) is 0.381. The number of aromatic nitrogens is 3. The first kappa shape index (κ1) is 19.7. The highest BCUT2D eigenvalue weighted by atomic mass is 16.4.